The van der Waals surface area contributed by atoms with Crippen LogP contribution in [-0.2, 0) is 5.41 Å². The first-order valence-corrected chi connectivity index (χ1v) is 17.3. The molecule has 0 radical (unpaired) electrons. The van der Waals surface area contributed by atoms with Crippen molar-refractivity contribution in [3.8, 4) is 45.3 Å². The molecular formula is C46H29N3O2. The summed E-state index contributed by atoms with van der Waals surface area (Å²) >= 11 is 0. The van der Waals surface area contributed by atoms with Crippen LogP contribution in [0.1, 0.15) is 25.0 Å². The Kier molecular flexibility index (Phi) is 5.66. The maximum Gasteiger partial charge on any atom is 0.167 e. The second-order valence-electron chi connectivity index (χ2n) is 13.9. The van der Waals surface area contributed by atoms with Crippen LogP contribution in [-0.4, -0.2) is 15.0 Å². The highest BCUT2D eigenvalue weighted by atomic mass is 16.3. The molecule has 3 aromatic heterocycles. The van der Waals surface area contributed by atoms with E-state index in [-0.39, 0.29) is 0 Å². The Balaban J connectivity index is 1.22. The molecule has 0 fully saturated rings. The molecule has 0 amide bonds. The van der Waals surface area contributed by atoms with Crippen LogP contribution in [0.2, 0.25) is 0 Å². The van der Waals surface area contributed by atoms with Gasteiger partial charge in [-0.05, 0) is 45.8 Å². The minimum absolute atomic E-state index is 0.408. The standard InChI is InChI=1S/C46H29N3O2/c1-46(2)39-32(37-28-17-6-7-18-30(28)42-38(40(37)46)31-19-9-11-25-36(31)51-42)21-13-22-33(39)44-47-43(26-14-4-3-5-15-26)48-45(49-44)34-23-12-20-29-27-16-8-10-24-35(27)50-41(29)34/h3-25H,1-2H3. The van der Waals surface area contributed by atoms with E-state index in [4.69, 9.17) is 23.8 Å². The minimum Gasteiger partial charge on any atom is -0.455 e. The summed E-state index contributed by atoms with van der Waals surface area (Å²) in [5, 5.41) is 6.70. The molecule has 0 spiro atoms. The zero-order valence-corrected chi connectivity index (χ0v) is 27.9. The first-order valence-electron chi connectivity index (χ1n) is 17.3. The van der Waals surface area contributed by atoms with Gasteiger partial charge < -0.3 is 8.83 Å². The van der Waals surface area contributed by atoms with Gasteiger partial charge in [-0.2, -0.15) is 0 Å². The van der Waals surface area contributed by atoms with E-state index in [1.165, 1.54) is 33.0 Å². The van der Waals surface area contributed by atoms with Crippen LogP contribution in [0.15, 0.2) is 148 Å². The maximum atomic E-state index is 6.64. The smallest absolute Gasteiger partial charge is 0.167 e. The average molecular weight is 656 g/mol. The summed E-state index contributed by atoms with van der Waals surface area (Å²) in [5.41, 5.74) is 10.7. The largest absolute Gasteiger partial charge is 0.455 e. The van der Waals surface area contributed by atoms with Crippen molar-refractivity contribution >= 4 is 54.6 Å². The molecule has 0 aliphatic heterocycles. The van der Waals surface area contributed by atoms with E-state index in [0.717, 1.165) is 60.6 Å². The molecule has 0 N–H and O–H groups in total. The van der Waals surface area contributed by atoms with Gasteiger partial charge in [0.1, 0.15) is 22.3 Å². The Morgan fingerprint density at radius 1 is 0.412 bits per heavy atom. The Hall–Kier alpha value is -6.59. The molecule has 5 nitrogen and oxygen atoms in total. The highest BCUT2D eigenvalue weighted by Gasteiger charge is 2.42. The number of para-hydroxylation sites is 3. The second kappa shape index (κ2) is 10.2. The fourth-order valence-corrected chi connectivity index (χ4v) is 8.55. The molecule has 10 aromatic rings. The molecule has 3 heterocycles. The molecule has 1 aliphatic carbocycles. The number of hydrogen-bond acceptors (Lipinski definition) is 5. The summed E-state index contributed by atoms with van der Waals surface area (Å²) < 4.78 is 13.1. The van der Waals surface area contributed by atoms with Crippen molar-refractivity contribution < 1.29 is 8.83 Å². The molecule has 240 valence electrons. The molecule has 1 aliphatic rings. The third-order valence-corrected chi connectivity index (χ3v) is 10.7. The van der Waals surface area contributed by atoms with Crippen molar-refractivity contribution in [2.75, 3.05) is 0 Å². The summed E-state index contributed by atoms with van der Waals surface area (Å²) in [5.74, 6) is 1.81. The topological polar surface area (TPSA) is 65.0 Å². The van der Waals surface area contributed by atoms with Crippen molar-refractivity contribution in [2.24, 2.45) is 0 Å². The number of rotatable bonds is 3. The highest BCUT2D eigenvalue weighted by molar-refractivity contribution is 6.23. The number of furan rings is 2. The molecule has 0 unspecified atom stereocenters. The first kappa shape index (κ1) is 28.3. The zero-order valence-electron chi connectivity index (χ0n) is 27.9. The number of fused-ring (bicyclic) bond motifs is 13. The van der Waals surface area contributed by atoms with Crippen LogP contribution in [0, 0.1) is 0 Å². The monoisotopic (exact) mass is 655 g/mol. The van der Waals surface area contributed by atoms with Crippen molar-refractivity contribution in [2.45, 2.75) is 19.3 Å². The van der Waals surface area contributed by atoms with Crippen LogP contribution in [0.5, 0.6) is 0 Å². The van der Waals surface area contributed by atoms with Crippen LogP contribution in [0.25, 0.3) is 99.9 Å². The minimum atomic E-state index is -0.408. The van der Waals surface area contributed by atoms with Gasteiger partial charge in [0.2, 0.25) is 0 Å². The summed E-state index contributed by atoms with van der Waals surface area (Å²) in [6.45, 7) is 4.65. The molecule has 5 heteroatoms. The number of hydrogen-bond donors (Lipinski definition) is 0. The lowest BCUT2D eigenvalue weighted by molar-refractivity contribution is 0.660. The van der Waals surface area contributed by atoms with Crippen molar-refractivity contribution in [1.29, 1.82) is 0 Å². The van der Waals surface area contributed by atoms with Gasteiger partial charge in [-0.1, -0.05) is 135 Å². The van der Waals surface area contributed by atoms with E-state index in [0.29, 0.717) is 17.5 Å². The summed E-state index contributed by atoms with van der Waals surface area (Å²) in [7, 11) is 0. The van der Waals surface area contributed by atoms with Crippen LogP contribution < -0.4 is 0 Å². The van der Waals surface area contributed by atoms with E-state index in [1.807, 2.05) is 60.7 Å². The Bertz CT molecular complexity index is 3060. The molecule has 7 aromatic carbocycles. The highest BCUT2D eigenvalue weighted by Crippen LogP contribution is 2.58. The predicted molar refractivity (Wildman–Crippen MR) is 206 cm³/mol. The molecule has 11 rings (SSSR count). The van der Waals surface area contributed by atoms with Gasteiger partial charge in [0.15, 0.2) is 17.5 Å². The first-order chi connectivity index (χ1) is 25.1. The van der Waals surface area contributed by atoms with Crippen molar-refractivity contribution in [1.82, 2.24) is 15.0 Å². The summed E-state index contributed by atoms with van der Waals surface area (Å²) in [6.07, 6.45) is 0. The van der Waals surface area contributed by atoms with Gasteiger partial charge in [0.05, 0.1) is 5.56 Å². The Labute approximate surface area is 292 Å². The molecular weight excluding hydrogens is 627 g/mol. The number of nitrogens with zero attached hydrogens (tertiary/aromatic N) is 3. The lowest BCUT2D eigenvalue weighted by Gasteiger charge is -2.25. The third kappa shape index (κ3) is 3.89. The molecule has 0 bridgehead atoms. The van der Waals surface area contributed by atoms with Crippen molar-refractivity contribution in [3.05, 3.63) is 151 Å². The van der Waals surface area contributed by atoms with Crippen LogP contribution >= 0.6 is 0 Å². The van der Waals surface area contributed by atoms with Gasteiger partial charge in [0.25, 0.3) is 0 Å². The lowest BCUT2D eigenvalue weighted by Crippen LogP contribution is -2.17. The maximum absolute atomic E-state index is 6.64. The lowest BCUT2D eigenvalue weighted by atomic mass is 9.78. The predicted octanol–water partition coefficient (Wildman–Crippen LogP) is 12.1. The third-order valence-electron chi connectivity index (χ3n) is 10.7. The number of benzene rings is 7. The van der Waals surface area contributed by atoms with Gasteiger partial charge >= 0.3 is 0 Å². The fourth-order valence-electron chi connectivity index (χ4n) is 8.55. The quantitative estimate of drug-likeness (QED) is 0.189. The van der Waals surface area contributed by atoms with E-state index in [1.54, 1.807) is 0 Å². The van der Waals surface area contributed by atoms with E-state index in [9.17, 15) is 0 Å². The normalized spacial score (nSPS) is 13.5. The molecule has 0 saturated heterocycles. The summed E-state index contributed by atoms with van der Waals surface area (Å²) in [4.78, 5) is 15.6. The van der Waals surface area contributed by atoms with Gasteiger partial charge in [0, 0.05) is 43.5 Å². The van der Waals surface area contributed by atoms with E-state index in [2.05, 4.69) is 92.7 Å². The van der Waals surface area contributed by atoms with Crippen molar-refractivity contribution in [3.63, 3.8) is 0 Å². The van der Waals surface area contributed by atoms with E-state index >= 15 is 0 Å². The van der Waals surface area contributed by atoms with Gasteiger partial charge in [-0.25, -0.2) is 15.0 Å². The second-order valence-corrected chi connectivity index (χ2v) is 13.9. The molecule has 0 atom stereocenters. The summed E-state index contributed by atoms with van der Waals surface area (Å²) in [6, 6.07) is 48.0. The molecule has 51 heavy (non-hydrogen) atoms. The van der Waals surface area contributed by atoms with Crippen LogP contribution in [0.3, 0.4) is 0 Å². The molecule has 0 saturated carbocycles. The zero-order chi connectivity index (χ0) is 33.8. The fraction of sp³-hybridized carbons (Fsp3) is 0.0652. The van der Waals surface area contributed by atoms with E-state index < -0.39 is 5.41 Å². The SMILES string of the molecule is CC1(C)c2c(-c3nc(-c4ccccc4)nc(-c4cccc5c4oc4ccccc45)n3)cccc2-c2c1c1c3ccccc3oc1c1ccccc21. The van der Waals surface area contributed by atoms with Crippen LogP contribution in [0.4, 0.5) is 0 Å². The number of aromatic nitrogens is 3. The Morgan fingerprint density at radius 3 is 1.75 bits per heavy atom. The van der Waals surface area contributed by atoms with Gasteiger partial charge in [-0.3, -0.25) is 0 Å². The van der Waals surface area contributed by atoms with Gasteiger partial charge in [-0.15, -0.1) is 0 Å². The Morgan fingerprint density at radius 2 is 0.941 bits per heavy atom. The average Bonchev–Trinajstić information content (AvgIpc) is 3.83.